The predicted molar refractivity (Wildman–Crippen MR) is 83.5 cm³/mol. The molecule has 0 unspecified atom stereocenters. The van der Waals surface area contributed by atoms with Gasteiger partial charge in [0, 0.05) is 10.8 Å². The minimum Gasteiger partial charge on any atom is -0.436 e. The van der Waals surface area contributed by atoms with Gasteiger partial charge in [-0.25, -0.2) is 0 Å². The first kappa shape index (κ1) is 13.3. The molecule has 1 aromatic heterocycles. The lowest BCUT2D eigenvalue weighted by atomic mass is 10.2. The van der Waals surface area contributed by atoms with Crippen LogP contribution in [0.1, 0.15) is 5.56 Å². The van der Waals surface area contributed by atoms with E-state index in [4.69, 9.17) is 16.3 Å². The molecule has 0 saturated carbocycles. The molecular weight excluding hydrogens is 340 g/mol. The van der Waals surface area contributed by atoms with Gasteiger partial charge >= 0.3 is 0 Å². The highest BCUT2D eigenvalue weighted by atomic mass is 79.9. The maximum Gasteiger partial charge on any atom is 0.246 e. The molecule has 3 nitrogen and oxygen atoms in total. The molecule has 0 fully saturated rings. The molecule has 0 aliphatic heterocycles. The lowest BCUT2D eigenvalue weighted by Crippen LogP contribution is -1.94. The average molecular weight is 350 g/mol. The summed E-state index contributed by atoms with van der Waals surface area (Å²) in [5, 5.41) is 9.99. The van der Waals surface area contributed by atoms with Crippen molar-refractivity contribution in [2.45, 2.75) is 6.92 Å². The lowest BCUT2D eigenvalue weighted by Gasteiger charge is -2.09. The fourth-order valence-electron chi connectivity index (χ4n) is 1.91. The Morgan fingerprint density at radius 2 is 1.80 bits per heavy atom. The summed E-state index contributed by atoms with van der Waals surface area (Å²) in [7, 11) is 0. The summed E-state index contributed by atoms with van der Waals surface area (Å²) in [4.78, 5) is 0. The minimum atomic E-state index is 0.371. The fourth-order valence-corrected chi connectivity index (χ4v) is 2.69. The Kier molecular flexibility index (Phi) is 3.59. The number of nitrogens with zero attached hydrogens (tertiary/aromatic N) is 2. The third-order valence-electron chi connectivity index (χ3n) is 2.90. The molecule has 0 amide bonds. The van der Waals surface area contributed by atoms with Gasteiger partial charge in [-0.3, -0.25) is 0 Å². The van der Waals surface area contributed by atoms with Crippen molar-refractivity contribution >= 4 is 38.3 Å². The molecular formula is C15H10BrClN2O. The van der Waals surface area contributed by atoms with Gasteiger partial charge < -0.3 is 4.74 Å². The molecule has 5 heteroatoms. The van der Waals surface area contributed by atoms with Crippen LogP contribution < -0.4 is 4.74 Å². The first-order chi connectivity index (χ1) is 9.65. The monoisotopic (exact) mass is 348 g/mol. The number of halogens is 2. The molecule has 100 valence electrons. The number of ether oxygens (including phenoxy) is 1. The first-order valence-electron chi connectivity index (χ1n) is 6.00. The molecule has 3 rings (SSSR count). The van der Waals surface area contributed by atoms with Crippen LogP contribution in [0.2, 0.25) is 5.15 Å². The first-order valence-corrected chi connectivity index (χ1v) is 7.17. The third-order valence-corrected chi connectivity index (χ3v) is 3.80. The molecule has 0 saturated heterocycles. The van der Waals surface area contributed by atoms with Crippen molar-refractivity contribution in [3.8, 4) is 11.6 Å². The predicted octanol–water partition coefficient (Wildman–Crippen LogP) is 5.15. The van der Waals surface area contributed by atoms with Crippen molar-refractivity contribution in [2.75, 3.05) is 0 Å². The van der Waals surface area contributed by atoms with Crippen molar-refractivity contribution in [1.29, 1.82) is 0 Å². The summed E-state index contributed by atoms with van der Waals surface area (Å²) in [6.07, 6.45) is 0. The topological polar surface area (TPSA) is 35.0 Å². The Morgan fingerprint density at radius 3 is 2.55 bits per heavy atom. The molecule has 0 bridgehead atoms. The fraction of sp³-hybridized carbons (Fsp3) is 0.0667. The second kappa shape index (κ2) is 5.38. The quantitative estimate of drug-likeness (QED) is 0.642. The van der Waals surface area contributed by atoms with Crippen LogP contribution in [-0.2, 0) is 0 Å². The number of hydrogen-bond acceptors (Lipinski definition) is 3. The van der Waals surface area contributed by atoms with Gasteiger partial charge in [-0.2, -0.15) is 0 Å². The molecule has 20 heavy (non-hydrogen) atoms. The Balaban J connectivity index is 2.09. The highest BCUT2D eigenvalue weighted by Crippen LogP contribution is 2.34. The average Bonchev–Trinajstić information content (AvgIpc) is 2.45. The van der Waals surface area contributed by atoms with Crippen LogP contribution in [0.15, 0.2) is 46.9 Å². The molecule has 2 aromatic carbocycles. The van der Waals surface area contributed by atoms with E-state index in [0.717, 1.165) is 20.8 Å². The van der Waals surface area contributed by atoms with Crippen molar-refractivity contribution in [1.82, 2.24) is 10.2 Å². The standard InChI is InChI=1S/C15H10BrClN2O/c1-9-6-7-13(12(16)8-9)20-15-11-5-3-2-4-10(11)14(17)18-19-15/h2-8H,1H3. The molecule has 0 radical (unpaired) electrons. The van der Waals surface area contributed by atoms with Crippen molar-refractivity contribution in [2.24, 2.45) is 0 Å². The zero-order valence-electron chi connectivity index (χ0n) is 10.6. The van der Waals surface area contributed by atoms with Gasteiger partial charge in [0.1, 0.15) is 5.75 Å². The lowest BCUT2D eigenvalue weighted by molar-refractivity contribution is 0.459. The van der Waals surface area contributed by atoms with E-state index in [9.17, 15) is 0 Å². The largest absolute Gasteiger partial charge is 0.436 e. The summed E-state index contributed by atoms with van der Waals surface area (Å²) in [6.45, 7) is 2.02. The van der Waals surface area contributed by atoms with Crippen LogP contribution in [0.4, 0.5) is 0 Å². The molecule has 0 N–H and O–H groups in total. The van der Waals surface area contributed by atoms with Crippen LogP contribution in [-0.4, -0.2) is 10.2 Å². The van der Waals surface area contributed by atoms with Gasteiger partial charge in [-0.05, 0) is 46.6 Å². The van der Waals surface area contributed by atoms with E-state index in [-0.39, 0.29) is 0 Å². The maximum absolute atomic E-state index is 6.05. The van der Waals surface area contributed by atoms with E-state index in [1.807, 2.05) is 49.4 Å². The van der Waals surface area contributed by atoms with Gasteiger partial charge in [0.25, 0.3) is 0 Å². The number of hydrogen-bond donors (Lipinski definition) is 0. The minimum absolute atomic E-state index is 0.371. The van der Waals surface area contributed by atoms with E-state index in [2.05, 4.69) is 26.1 Å². The highest BCUT2D eigenvalue weighted by Gasteiger charge is 2.11. The Hall–Kier alpha value is -1.65. The van der Waals surface area contributed by atoms with Crippen molar-refractivity contribution in [3.05, 3.63) is 57.7 Å². The third kappa shape index (κ3) is 2.49. The summed E-state index contributed by atoms with van der Waals surface area (Å²) in [5.41, 5.74) is 1.15. The second-order valence-electron chi connectivity index (χ2n) is 4.38. The molecule has 0 aliphatic carbocycles. The molecule has 3 aromatic rings. The van der Waals surface area contributed by atoms with Gasteiger partial charge in [0.2, 0.25) is 5.88 Å². The summed E-state index contributed by atoms with van der Waals surface area (Å²) < 4.78 is 6.73. The molecule has 0 spiro atoms. The SMILES string of the molecule is Cc1ccc(Oc2nnc(Cl)c3ccccc23)c(Br)c1. The summed E-state index contributed by atoms with van der Waals surface area (Å²) in [5.74, 6) is 1.13. The van der Waals surface area contributed by atoms with Crippen molar-refractivity contribution in [3.63, 3.8) is 0 Å². The zero-order valence-corrected chi connectivity index (χ0v) is 12.9. The van der Waals surface area contributed by atoms with E-state index >= 15 is 0 Å². The van der Waals surface area contributed by atoms with E-state index in [1.165, 1.54) is 0 Å². The Bertz CT molecular complexity index is 792. The van der Waals surface area contributed by atoms with Gasteiger partial charge in [0.05, 0.1) is 4.47 Å². The summed E-state index contributed by atoms with van der Waals surface area (Å²) >= 11 is 9.53. The number of aryl methyl sites for hydroxylation is 1. The Labute approximate surface area is 129 Å². The number of aromatic nitrogens is 2. The number of rotatable bonds is 2. The van der Waals surface area contributed by atoms with Crippen molar-refractivity contribution < 1.29 is 4.74 Å². The normalized spacial score (nSPS) is 10.8. The smallest absolute Gasteiger partial charge is 0.246 e. The van der Waals surface area contributed by atoms with E-state index in [0.29, 0.717) is 16.8 Å². The van der Waals surface area contributed by atoms with Crippen LogP contribution >= 0.6 is 27.5 Å². The van der Waals surface area contributed by atoms with Gasteiger partial charge in [-0.15, -0.1) is 10.2 Å². The number of benzene rings is 2. The maximum atomic E-state index is 6.05. The van der Waals surface area contributed by atoms with E-state index in [1.54, 1.807) is 0 Å². The van der Waals surface area contributed by atoms with Gasteiger partial charge in [-0.1, -0.05) is 35.9 Å². The van der Waals surface area contributed by atoms with Gasteiger partial charge in [0.15, 0.2) is 5.15 Å². The van der Waals surface area contributed by atoms with Crippen LogP contribution in [0.5, 0.6) is 11.6 Å². The van der Waals surface area contributed by atoms with E-state index < -0.39 is 0 Å². The van der Waals surface area contributed by atoms with Crippen LogP contribution in [0.3, 0.4) is 0 Å². The van der Waals surface area contributed by atoms with Crippen LogP contribution in [0.25, 0.3) is 10.8 Å². The second-order valence-corrected chi connectivity index (χ2v) is 5.59. The molecule has 0 atom stereocenters. The molecule has 1 heterocycles. The molecule has 0 aliphatic rings. The summed E-state index contributed by atoms with van der Waals surface area (Å²) in [6, 6.07) is 13.5. The van der Waals surface area contributed by atoms with Crippen LogP contribution in [0, 0.1) is 6.92 Å². The Morgan fingerprint density at radius 1 is 1.05 bits per heavy atom. The zero-order chi connectivity index (χ0) is 14.1. The highest BCUT2D eigenvalue weighted by molar-refractivity contribution is 9.10. The number of fused-ring (bicyclic) bond motifs is 1.